The van der Waals surface area contributed by atoms with Gasteiger partial charge in [-0.05, 0) is 67.7 Å². The lowest BCUT2D eigenvalue weighted by molar-refractivity contribution is 0.728. The Morgan fingerprint density at radius 3 is 2.50 bits per heavy atom. The van der Waals surface area contributed by atoms with Gasteiger partial charge in [0.25, 0.3) is 0 Å². The van der Waals surface area contributed by atoms with E-state index in [-0.39, 0.29) is 6.04 Å². The van der Waals surface area contributed by atoms with Crippen LogP contribution in [0.5, 0.6) is 0 Å². The summed E-state index contributed by atoms with van der Waals surface area (Å²) in [5.74, 6) is 0. The normalized spacial score (nSPS) is 12.7. The molecule has 2 rings (SSSR count). The summed E-state index contributed by atoms with van der Waals surface area (Å²) in [4.78, 5) is 1.31. The molecule has 0 aliphatic rings. The summed E-state index contributed by atoms with van der Waals surface area (Å²) < 4.78 is 2.41. The van der Waals surface area contributed by atoms with Crippen molar-refractivity contribution in [3.63, 3.8) is 0 Å². The second kappa shape index (κ2) is 5.62. The smallest absolute Gasteiger partial charge is 0.0344 e. The fourth-order valence-corrected chi connectivity index (χ4v) is 3.43. The van der Waals surface area contributed by atoms with E-state index in [0.29, 0.717) is 0 Å². The molecule has 0 aliphatic carbocycles. The summed E-state index contributed by atoms with van der Waals surface area (Å²) in [6.07, 6.45) is 0.888. The average Bonchev–Trinajstić information content (AvgIpc) is 2.65. The van der Waals surface area contributed by atoms with Crippen molar-refractivity contribution in [1.82, 2.24) is 0 Å². The Balaban J connectivity index is 2.11. The molecular weight excluding hydrogens is 397 g/mol. The monoisotopic (exact) mass is 407 g/mol. The summed E-state index contributed by atoms with van der Waals surface area (Å²) >= 11 is 7.58. The van der Waals surface area contributed by atoms with Crippen LogP contribution in [0, 0.1) is 3.57 Å². The van der Waals surface area contributed by atoms with E-state index in [9.17, 15) is 0 Å². The van der Waals surface area contributed by atoms with Crippen LogP contribution >= 0.6 is 49.9 Å². The van der Waals surface area contributed by atoms with Crippen molar-refractivity contribution >= 4 is 49.9 Å². The molecule has 16 heavy (non-hydrogen) atoms. The molecule has 1 aromatic heterocycles. The van der Waals surface area contributed by atoms with Crippen LogP contribution < -0.4 is 5.73 Å². The third kappa shape index (κ3) is 3.06. The van der Waals surface area contributed by atoms with E-state index >= 15 is 0 Å². The number of nitrogens with two attached hydrogens (primary N) is 1. The minimum absolute atomic E-state index is 0.0759. The summed E-state index contributed by atoms with van der Waals surface area (Å²) in [6, 6.07) is 10.5. The molecule has 0 aliphatic heterocycles. The van der Waals surface area contributed by atoms with Gasteiger partial charge >= 0.3 is 0 Å². The molecule has 84 valence electrons. The first kappa shape index (κ1) is 12.5. The fourth-order valence-electron chi connectivity index (χ4n) is 1.50. The Kier molecular flexibility index (Phi) is 4.41. The number of rotatable bonds is 3. The Morgan fingerprint density at radius 1 is 1.25 bits per heavy atom. The Bertz CT molecular complexity index is 466. The largest absolute Gasteiger partial charge is 0.324 e. The molecule has 0 amide bonds. The first-order chi connectivity index (χ1) is 7.66. The topological polar surface area (TPSA) is 26.0 Å². The van der Waals surface area contributed by atoms with Crippen molar-refractivity contribution in [2.24, 2.45) is 5.73 Å². The van der Waals surface area contributed by atoms with Crippen molar-refractivity contribution in [2.45, 2.75) is 12.5 Å². The lowest BCUT2D eigenvalue weighted by Gasteiger charge is -2.11. The van der Waals surface area contributed by atoms with Gasteiger partial charge in [-0.25, -0.2) is 0 Å². The zero-order valence-corrected chi connectivity index (χ0v) is 13.1. The maximum atomic E-state index is 6.19. The van der Waals surface area contributed by atoms with Gasteiger partial charge in [0.2, 0.25) is 0 Å². The lowest BCUT2D eigenvalue weighted by Crippen LogP contribution is -2.12. The van der Waals surface area contributed by atoms with Crippen molar-refractivity contribution in [3.8, 4) is 0 Å². The molecule has 0 fully saturated rings. The molecule has 2 aromatic rings. The summed E-state index contributed by atoms with van der Waals surface area (Å²) in [6.45, 7) is 0. The lowest BCUT2D eigenvalue weighted by atomic mass is 10.0. The highest BCUT2D eigenvalue weighted by atomic mass is 127. The third-order valence-electron chi connectivity index (χ3n) is 2.39. The molecule has 0 saturated carbocycles. The van der Waals surface area contributed by atoms with Crippen molar-refractivity contribution in [3.05, 3.63) is 54.2 Å². The first-order valence-corrected chi connectivity index (χ1v) is 7.65. The van der Waals surface area contributed by atoms with Gasteiger partial charge in [0, 0.05) is 25.4 Å². The number of hydrogen-bond donors (Lipinski definition) is 1. The van der Waals surface area contributed by atoms with Gasteiger partial charge in [0.15, 0.2) is 0 Å². The van der Waals surface area contributed by atoms with Crippen LogP contribution in [0.15, 0.2) is 40.2 Å². The molecule has 4 heteroatoms. The van der Waals surface area contributed by atoms with E-state index < -0.39 is 0 Å². The Morgan fingerprint density at radius 2 is 1.94 bits per heavy atom. The molecule has 0 saturated heterocycles. The quantitative estimate of drug-likeness (QED) is 0.751. The fraction of sp³-hybridized carbons (Fsp3) is 0.167. The van der Waals surface area contributed by atoms with E-state index in [0.717, 1.165) is 6.42 Å². The van der Waals surface area contributed by atoms with Crippen LogP contribution in [0.3, 0.4) is 0 Å². The molecule has 0 radical (unpaired) electrons. The first-order valence-electron chi connectivity index (χ1n) is 4.89. The van der Waals surface area contributed by atoms with E-state index in [1.54, 1.807) is 11.3 Å². The average molecular weight is 408 g/mol. The predicted molar refractivity (Wildman–Crippen MR) is 81.8 cm³/mol. The molecule has 1 nitrogen and oxygen atoms in total. The maximum absolute atomic E-state index is 6.19. The van der Waals surface area contributed by atoms with Crippen LogP contribution in [0.4, 0.5) is 0 Å². The van der Waals surface area contributed by atoms with E-state index in [1.165, 1.54) is 18.5 Å². The molecule has 0 bridgehead atoms. The molecular formula is C12H11BrINS. The number of halogens is 2. The molecule has 1 unspecified atom stereocenters. The molecule has 1 heterocycles. The molecule has 2 N–H and O–H groups in total. The third-order valence-corrected chi connectivity index (χ3v) is 5.06. The highest BCUT2D eigenvalue weighted by Crippen LogP contribution is 2.27. The Hall–Kier alpha value is 0.0900. The van der Waals surface area contributed by atoms with E-state index in [1.807, 2.05) is 0 Å². The second-order valence-corrected chi connectivity index (χ2v) is 6.65. The number of thiophene rings is 1. The molecule has 1 atom stereocenters. The van der Waals surface area contributed by atoms with Crippen molar-refractivity contribution < 1.29 is 0 Å². The van der Waals surface area contributed by atoms with Crippen molar-refractivity contribution in [1.29, 1.82) is 0 Å². The highest BCUT2D eigenvalue weighted by Gasteiger charge is 2.10. The zero-order chi connectivity index (χ0) is 11.5. The van der Waals surface area contributed by atoms with Gasteiger partial charge in [-0.1, -0.05) is 12.1 Å². The van der Waals surface area contributed by atoms with E-state index in [2.05, 4.69) is 74.2 Å². The Labute approximate surface area is 121 Å². The molecule has 0 spiro atoms. The van der Waals surface area contributed by atoms with Crippen LogP contribution in [0.25, 0.3) is 0 Å². The summed E-state index contributed by atoms with van der Waals surface area (Å²) in [5, 5.41) is 2.08. The van der Waals surface area contributed by atoms with Crippen molar-refractivity contribution in [2.75, 3.05) is 0 Å². The van der Waals surface area contributed by atoms with Crippen LogP contribution in [0.2, 0.25) is 0 Å². The van der Waals surface area contributed by atoms with Gasteiger partial charge in [-0.3, -0.25) is 0 Å². The van der Waals surface area contributed by atoms with Crippen LogP contribution in [-0.4, -0.2) is 0 Å². The standard InChI is InChI=1S/C12H11BrINS/c13-10-5-6-16-12(10)7-11(15)8-1-3-9(14)4-2-8/h1-6,11H,7,15H2. The maximum Gasteiger partial charge on any atom is 0.0344 e. The van der Waals surface area contributed by atoms with Crippen LogP contribution in [-0.2, 0) is 6.42 Å². The summed E-state index contributed by atoms with van der Waals surface area (Å²) in [5.41, 5.74) is 7.38. The number of hydrogen-bond acceptors (Lipinski definition) is 2. The molecule has 1 aromatic carbocycles. The van der Waals surface area contributed by atoms with Gasteiger partial charge in [-0.15, -0.1) is 11.3 Å². The van der Waals surface area contributed by atoms with Gasteiger partial charge in [-0.2, -0.15) is 0 Å². The van der Waals surface area contributed by atoms with Gasteiger partial charge < -0.3 is 5.73 Å². The second-order valence-electron chi connectivity index (χ2n) is 3.55. The highest BCUT2D eigenvalue weighted by molar-refractivity contribution is 14.1. The minimum Gasteiger partial charge on any atom is -0.324 e. The minimum atomic E-state index is 0.0759. The van der Waals surface area contributed by atoms with Gasteiger partial charge in [0.1, 0.15) is 0 Å². The van der Waals surface area contributed by atoms with E-state index in [4.69, 9.17) is 5.73 Å². The number of benzene rings is 1. The van der Waals surface area contributed by atoms with Crippen LogP contribution in [0.1, 0.15) is 16.5 Å². The van der Waals surface area contributed by atoms with Gasteiger partial charge in [0.05, 0.1) is 0 Å². The zero-order valence-electron chi connectivity index (χ0n) is 8.49. The predicted octanol–water partition coefficient (Wildman–Crippen LogP) is 4.36. The SMILES string of the molecule is NC(Cc1sccc1Br)c1ccc(I)cc1. The summed E-state index contributed by atoms with van der Waals surface area (Å²) in [7, 11) is 0.